The molecular weight excluding hydrogens is 270 g/mol. The van der Waals surface area contributed by atoms with E-state index in [0.717, 1.165) is 38.9 Å². The van der Waals surface area contributed by atoms with E-state index in [-0.39, 0.29) is 30.3 Å². The Balaban J connectivity index is 1.61. The zero-order valence-corrected chi connectivity index (χ0v) is 13.1. The van der Waals surface area contributed by atoms with E-state index in [1.54, 1.807) is 0 Å². The summed E-state index contributed by atoms with van der Waals surface area (Å²) >= 11 is 0. The molecule has 0 spiro atoms. The molecule has 1 amide bonds. The first-order valence-corrected chi connectivity index (χ1v) is 8.32. The van der Waals surface area contributed by atoms with Gasteiger partial charge in [-0.15, -0.1) is 0 Å². The highest BCUT2D eigenvalue weighted by Crippen LogP contribution is 2.36. The van der Waals surface area contributed by atoms with E-state index in [1.807, 2.05) is 4.90 Å². The van der Waals surface area contributed by atoms with Crippen molar-refractivity contribution in [2.24, 2.45) is 5.92 Å². The molecule has 0 unspecified atom stereocenters. The topological polar surface area (TPSA) is 48.0 Å². The molecule has 0 radical (unpaired) electrons. The SMILES string of the molecule is CC(C)OC[C@@H]1CC[C@@H]2[C@@H]1OCCN2C(=O)[C@@H]1CCCO1. The van der Waals surface area contributed by atoms with Crippen LogP contribution in [-0.4, -0.2) is 61.5 Å². The number of hydrogen-bond donors (Lipinski definition) is 0. The molecule has 1 saturated carbocycles. The van der Waals surface area contributed by atoms with Crippen molar-refractivity contribution < 1.29 is 19.0 Å². The first-order valence-electron chi connectivity index (χ1n) is 8.32. The van der Waals surface area contributed by atoms with Crippen LogP contribution in [0.3, 0.4) is 0 Å². The summed E-state index contributed by atoms with van der Waals surface area (Å²) < 4.78 is 17.3. The molecule has 4 atom stereocenters. The number of morpholine rings is 1. The number of nitrogens with zero attached hydrogens (tertiary/aromatic N) is 1. The minimum atomic E-state index is -0.213. The number of rotatable bonds is 4. The van der Waals surface area contributed by atoms with Crippen molar-refractivity contribution in [3.8, 4) is 0 Å². The fraction of sp³-hybridized carbons (Fsp3) is 0.938. The van der Waals surface area contributed by atoms with Crippen molar-refractivity contribution >= 4 is 5.91 Å². The minimum Gasteiger partial charge on any atom is -0.378 e. The van der Waals surface area contributed by atoms with E-state index in [4.69, 9.17) is 14.2 Å². The van der Waals surface area contributed by atoms with Crippen molar-refractivity contribution in [1.82, 2.24) is 4.90 Å². The Bertz CT molecular complexity index is 367. The average molecular weight is 297 g/mol. The van der Waals surface area contributed by atoms with E-state index in [2.05, 4.69) is 13.8 Å². The number of carbonyl (C=O) groups excluding carboxylic acids is 1. The van der Waals surface area contributed by atoms with Gasteiger partial charge in [0, 0.05) is 19.1 Å². The molecule has 0 aromatic rings. The Labute approximate surface area is 126 Å². The number of carbonyl (C=O) groups is 1. The average Bonchev–Trinajstić information content (AvgIpc) is 3.13. The molecule has 21 heavy (non-hydrogen) atoms. The predicted molar refractivity (Wildman–Crippen MR) is 78.0 cm³/mol. The molecule has 5 nitrogen and oxygen atoms in total. The highest BCUT2D eigenvalue weighted by molar-refractivity contribution is 5.81. The Kier molecular flexibility index (Phi) is 4.82. The van der Waals surface area contributed by atoms with Crippen molar-refractivity contribution in [1.29, 1.82) is 0 Å². The third-order valence-electron chi connectivity index (χ3n) is 4.85. The molecule has 3 aliphatic rings. The standard InChI is InChI=1S/C16H27NO4/c1-11(2)21-10-12-5-6-13-15(12)20-9-7-17(13)16(18)14-4-3-8-19-14/h11-15H,3-10H2,1-2H3/t12-,13+,14-,15+/m0/s1. The summed E-state index contributed by atoms with van der Waals surface area (Å²) in [6.45, 7) is 6.92. The van der Waals surface area contributed by atoms with Crippen LogP contribution in [0.4, 0.5) is 0 Å². The maximum Gasteiger partial charge on any atom is 0.252 e. The van der Waals surface area contributed by atoms with Gasteiger partial charge in [-0.3, -0.25) is 4.79 Å². The van der Waals surface area contributed by atoms with Crippen LogP contribution in [0, 0.1) is 5.92 Å². The predicted octanol–water partition coefficient (Wildman–Crippen LogP) is 1.60. The van der Waals surface area contributed by atoms with Crippen molar-refractivity contribution in [2.45, 2.75) is 63.9 Å². The quantitative estimate of drug-likeness (QED) is 0.791. The second kappa shape index (κ2) is 6.63. The molecule has 0 N–H and O–H groups in total. The first kappa shape index (κ1) is 15.3. The highest BCUT2D eigenvalue weighted by Gasteiger charge is 2.45. The Morgan fingerprint density at radius 2 is 2.10 bits per heavy atom. The number of hydrogen-bond acceptors (Lipinski definition) is 4. The van der Waals surface area contributed by atoms with Gasteiger partial charge in [0.2, 0.25) is 0 Å². The summed E-state index contributed by atoms with van der Waals surface area (Å²) in [5.41, 5.74) is 0. The van der Waals surface area contributed by atoms with Crippen LogP contribution in [0.15, 0.2) is 0 Å². The van der Waals surface area contributed by atoms with Gasteiger partial charge in [0.15, 0.2) is 0 Å². The molecule has 2 aliphatic heterocycles. The van der Waals surface area contributed by atoms with Gasteiger partial charge in [0.05, 0.1) is 31.5 Å². The smallest absolute Gasteiger partial charge is 0.252 e. The van der Waals surface area contributed by atoms with Gasteiger partial charge in [-0.2, -0.15) is 0 Å². The van der Waals surface area contributed by atoms with E-state index < -0.39 is 0 Å². The van der Waals surface area contributed by atoms with Crippen LogP contribution in [0.25, 0.3) is 0 Å². The molecular formula is C16H27NO4. The van der Waals surface area contributed by atoms with Crippen LogP contribution < -0.4 is 0 Å². The molecule has 1 aliphatic carbocycles. The van der Waals surface area contributed by atoms with Crippen LogP contribution in [0.2, 0.25) is 0 Å². The van der Waals surface area contributed by atoms with E-state index >= 15 is 0 Å². The van der Waals surface area contributed by atoms with Gasteiger partial charge < -0.3 is 19.1 Å². The second-order valence-corrected chi connectivity index (χ2v) is 6.66. The normalized spacial score (nSPS) is 36.2. The maximum absolute atomic E-state index is 12.6. The van der Waals surface area contributed by atoms with Gasteiger partial charge in [-0.25, -0.2) is 0 Å². The van der Waals surface area contributed by atoms with Gasteiger partial charge in [-0.05, 0) is 39.5 Å². The lowest BCUT2D eigenvalue weighted by molar-refractivity contribution is -0.156. The van der Waals surface area contributed by atoms with Crippen LogP contribution in [-0.2, 0) is 19.0 Å². The molecule has 0 aromatic heterocycles. The summed E-state index contributed by atoms with van der Waals surface area (Å²) in [5.74, 6) is 0.591. The molecule has 0 bridgehead atoms. The molecule has 5 heteroatoms. The number of ether oxygens (including phenoxy) is 3. The monoisotopic (exact) mass is 297 g/mol. The maximum atomic E-state index is 12.6. The van der Waals surface area contributed by atoms with Gasteiger partial charge in [0.1, 0.15) is 6.10 Å². The lowest BCUT2D eigenvalue weighted by Gasteiger charge is -2.40. The van der Waals surface area contributed by atoms with Crippen molar-refractivity contribution in [3.63, 3.8) is 0 Å². The minimum absolute atomic E-state index is 0.142. The van der Waals surface area contributed by atoms with Crippen LogP contribution in [0.5, 0.6) is 0 Å². The summed E-state index contributed by atoms with van der Waals surface area (Å²) in [6, 6.07) is 0.219. The Morgan fingerprint density at radius 1 is 1.24 bits per heavy atom. The van der Waals surface area contributed by atoms with Crippen molar-refractivity contribution in [2.75, 3.05) is 26.4 Å². The zero-order valence-electron chi connectivity index (χ0n) is 13.1. The molecule has 2 heterocycles. The lowest BCUT2D eigenvalue weighted by Crippen LogP contribution is -2.55. The zero-order chi connectivity index (χ0) is 14.8. The fourth-order valence-electron chi connectivity index (χ4n) is 3.79. The second-order valence-electron chi connectivity index (χ2n) is 6.66. The molecule has 3 rings (SSSR count). The fourth-order valence-corrected chi connectivity index (χ4v) is 3.79. The molecule has 120 valence electrons. The summed E-state index contributed by atoms with van der Waals surface area (Å²) in [6.07, 6.45) is 4.15. The van der Waals surface area contributed by atoms with Gasteiger partial charge >= 0.3 is 0 Å². The van der Waals surface area contributed by atoms with Gasteiger partial charge in [-0.1, -0.05) is 0 Å². The third-order valence-corrected chi connectivity index (χ3v) is 4.85. The number of fused-ring (bicyclic) bond motifs is 1. The van der Waals surface area contributed by atoms with Gasteiger partial charge in [0.25, 0.3) is 5.91 Å². The van der Waals surface area contributed by atoms with E-state index in [9.17, 15) is 4.79 Å². The third kappa shape index (κ3) is 3.25. The van der Waals surface area contributed by atoms with Crippen LogP contribution >= 0.6 is 0 Å². The van der Waals surface area contributed by atoms with Crippen LogP contribution in [0.1, 0.15) is 39.5 Å². The first-order chi connectivity index (χ1) is 10.2. The summed E-state index contributed by atoms with van der Waals surface area (Å²) in [4.78, 5) is 14.7. The van der Waals surface area contributed by atoms with E-state index in [1.165, 1.54) is 0 Å². The summed E-state index contributed by atoms with van der Waals surface area (Å²) in [5, 5.41) is 0. The summed E-state index contributed by atoms with van der Waals surface area (Å²) in [7, 11) is 0. The van der Waals surface area contributed by atoms with E-state index in [0.29, 0.717) is 19.1 Å². The number of amides is 1. The Hall–Kier alpha value is -0.650. The molecule has 2 saturated heterocycles. The van der Waals surface area contributed by atoms with Crippen molar-refractivity contribution in [3.05, 3.63) is 0 Å². The highest BCUT2D eigenvalue weighted by atomic mass is 16.5. The molecule has 0 aromatic carbocycles. The lowest BCUT2D eigenvalue weighted by atomic mass is 10.0. The Morgan fingerprint density at radius 3 is 2.81 bits per heavy atom. The molecule has 3 fully saturated rings. The largest absolute Gasteiger partial charge is 0.378 e.